The van der Waals surface area contributed by atoms with Gasteiger partial charge in [-0.3, -0.25) is 0 Å². The molecule has 0 atom stereocenters. The lowest BCUT2D eigenvalue weighted by Crippen LogP contribution is -2.03. The SMILES string of the molecule is CCCCCCCCOc1ccc(CCc2ccccc2C(=O)O)cc1. The molecule has 0 saturated heterocycles. The summed E-state index contributed by atoms with van der Waals surface area (Å²) in [5, 5.41) is 9.25. The first kappa shape index (κ1) is 20.0. The van der Waals surface area contributed by atoms with Crippen molar-refractivity contribution in [2.45, 2.75) is 58.3 Å². The van der Waals surface area contributed by atoms with Gasteiger partial charge in [-0.15, -0.1) is 0 Å². The number of rotatable bonds is 12. The maximum absolute atomic E-state index is 11.3. The van der Waals surface area contributed by atoms with Crippen LogP contribution in [0.1, 0.15) is 66.9 Å². The molecule has 0 aliphatic heterocycles. The van der Waals surface area contributed by atoms with Gasteiger partial charge in [0.2, 0.25) is 0 Å². The molecule has 2 aromatic carbocycles. The largest absolute Gasteiger partial charge is 0.494 e. The molecule has 2 rings (SSSR count). The molecule has 0 unspecified atom stereocenters. The van der Waals surface area contributed by atoms with Crippen LogP contribution in [0.5, 0.6) is 5.75 Å². The minimum atomic E-state index is -0.862. The second kappa shape index (κ2) is 11.3. The van der Waals surface area contributed by atoms with E-state index in [0.717, 1.165) is 37.2 Å². The molecule has 0 radical (unpaired) electrons. The van der Waals surface area contributed by atoms with Crippen molar-refractivity contribution >= 4 is 5.97 Å². The Balaban J connectivity index is 1.73. The molecule has 0 saturated carbocycles. The van der Waals surface area contributed by atoms with Gasteiger partial charge in [0.1, 0.15) is 5.75 Å². The Labute approximate surface area is 157 Å². The highest BCUT2D eigenvalue weighted by Gasteiger charge is 2.08. The Hall–Kier alpha value is -2.29. The number of unbranched alkanes of at least 4 members (excludes halogenated alkanes) is 5. The molecule has 3 nitrogen and oxygen atoms in total. The molecule has 140 valence electrons. The van der Waals surface area contributed by atoms with Crippen LogP contribution in [-0.4, -0.2) is 17.7 Å². The topological polar surface area (TPSA) is 46.5 Å². The van der Waals surface area contributed by atoms with E-state index in [9.17, 15) is 9.90 Å². The number of carboxylic acids is 1. The Morgan fingerprint density at radius 3 is 2.31 bits per heavy atom. The van der Waals surface area contributed by atoms with Crippen molar-refractivity contribution in [2.75, 3.05) is 6.61 Å². The molecule has 0 fully saturated rings. The van der Waals surface area contributed by atoms with E-state index >= 15 is 0 Å². The summed E-state index contributed by atoms with van der Waals surface area (Å²) in [6.45, 7) is 3.01. The Morgan fingerprint density at radius 1 is 0.885 bits per heavy atom. The van der Waals surface area contributed by atoms with Crippen LogP contribution in [0.2, 0.25) is 0 Å². The predicted molar refractivity (Wildman–Crippen MR) is 106 cm³/mol. The molecule has 3 heteroatoms. The summed E-state index contributed by atoms with van der Waals surface area (Å²) >= 11 is 0. The molecule has 0 spiro atoms. The molecule has 0 aliphatic carbocycles. The van der Waals surface area contributed by atoms with Crippen LogP contribution in [-0.2, 0) is 12.8 Å². The number of aromatic carboxylic acids is 1. The van der Waals surface area contributed by atoms with Gasteiger partial charge in [-0.25, -0.2) is 4.79 Å². The van der Waals surface area contributed by atoms with Gasteiger partial charge < -0.3 is 9.84 Å². The van der Waals surface area contributed by atoms with Crippen molar-refractivity contribution in [2.24, 2.45) is 0 Å². The molecule has 0 amide bonds. The summed E-state index contributed by atoms with van der Waals surface area (Å²) in [4.78, 5) is 11.3. The Bertz CT molecular complexity index is 661. The zero-order chi connectivity index (χ0) is 18.6. The fourth-order valence-electron chi connectivity index (χ4n) is 3.05. The number of hydrogen-bond donors (Lipinski definition) is 1. The maximum Gasteiger partial charge on any atom is 0.335 e. The smallest absolute Gasteiger partial charge is 0.335 e. The quantitative estimate of drug-likeness (QED) is 0.482. The fraction of sp³-hybridized carbons (Fsp3) is 0.435. The molecule has 0 aromatic heterocycles. The molecule has 1 N–H and O–H groups in total. The number of carbonyl (C=O) groups is 1. The van der Waals surface area contributed by atoms with Gasteiger partial charge in [0.25, 0.3) is 0 Å². The lowest BCUT2D eigenvalue weighted by molar-refractivity contribution is 0.0695. The number of ether oxygens (including phenoxy) is 1. The Kier molecular flexibility index (Phi) is 8.74. The zero-order valence-electron chi connectivity index (χ0n) is 15.7. The van der Waals surface area contributed by atoms with E-state index in [0.29, 0.717) is 5.56 Å². The fourth-order valence-corrected chi connectivity index (χ4v) is 3.05. The van der Waals surface area contributed by atoms with Crippen LogP contribution < -0.4 is 4.74 Å². The predicted octanol–water partition coefficient (Wildman–Crippen LogP) is 5.91. The van der Waals surface area contributed by atoms with Gasteiger partial charge >= 0.3 is 5.97 Å². The van der Waals surface area contributed by atoms with E-state index in [1.54, 1.807) is 12.1 Å². The molecule has 26 heavy (non-hydrogen) atoms. The lowest BCUT2D eigenvalue weighted by Gasteiger charge is -2.08. The normalized spacial score (nSPS) is 10.7. The molecule has 0 bridgehead atoms. The van der Waals surface area contributed by atoms with E-state index in [4.69, 9.17) is 4.74 Å². The first-order valence-corrected chi connectivity index (χ1v) is 9.73. The van der Waals surface area contributed by atoms with Gasteiger partial charge in [-0.1, -0.05) is 69.4 Å². The molecule has 0 aliphatic rings. The van der Waals surface area contributed by atoms with Gasteiger partial charge in [0.15, 0.2) is 0 Å². The summed E-state index contributed by atoms with van der Waals surface area (Å²) in [6.07, 6.45) is 9.13. The second-order valence-corrected chi connectivity index (χ2v) is 6.72. The van der Waals surface area contributed by atoms with Crippen LogP contribution >= 0.6 is 0 Å². The molecule has 2 aromatic rings. The van der Waals surface area contributed by atoms with Crippen molar-refractivity contribution in [3.05, 3.63) is 65.2 Å². The maximum atomic E-state index is 11.3. The van der Waals surface area contributed by atoms with E-state index in [2.05, 4.69) is 19.1 Å². The third-order valence-corrected chi connectivity index (χ3v) is 4.62. The van der Waals surface area contributed by atoms with Gasteiger partial charge in [-0.05, 0) is 48.6 Å². The average molecular weight is 354 g/mol. The summed E-state index contributed by atoms with van der Waals surface area (Å²) in [5.41, 5.74) is 2.46. The third kappa shape index (κ3) is 6.91. The van der Waals surface area contributed by atoms with E-state index < -0.39 is 5.97 Å². The van der Waals surface area contributed by atoms with Crippen molar-refractivity contribution < 1.29 is 14.6 Å². The second-order valence-electron chi connectivity index (χ2n) is 6.72. The van der Waals surface area contributed by atoms with Gasteiger partial charge in [0.05, 0.1) is 12.2 Å². The van der Waals surface area contributed by atoms with Gasteiger partial charge in [0, 0.05) is 0 Å². The van der Waals surface area contributed by atoms with E-state index in [1.165, 1.54) is 37.7 Å². The number of benzene rings is 2. The highest BCUT2D eigenvalue weighted by molar-refractivity contribution is 5.89. The monoisotopic (exact) mass is 354 g/mol. The lowest BCUT2D eigenvalue weighted by atomic mass is 10.00. The number of aryl methyl sites for hydroxylation is 2. The first-order chi connectivity index (χ1) is 12.7. The third-order valence-electron chi connectivity index (χ3n) is 4.62. The summed E-state index contributed by atoms with van der Waals surface area (Å²) < 4.78 is 5.80. The van der Waals surface area contributed by atoms with Crippen LogP contribution in [0.3, 0.4) is 0 Å². The van der Waals surface area contributed by atoms with E-state index in [-0.39, 0.29) is 0 Å². The summed E-state index contributed by atoms with van der Waals surface area (Å²) in [7, 11) is 0. The minimum Gasteiger partial charge on any atom is -0.494 e. The van der Waals surface area contributed by atoms with E-state index in [1.807, 2.05) is 24.3 Å². The summed E-state index contributed by atoms with van der Waals surface area (Å²) in [5.74, 6) is 0.0484. The summed E-state index contributed by atoms with van der Waals surface area (Å²) in [6, 6.07) is 15.4. The highest BCUT2D eigenvalue weighted by Crippen LogP contribution is 2.17. The standard InChI is InChI=1S/C23H30O3/c1-2-3-4-5-6-9-18-26-21-16-13-19(14-17-21)12-15-20-10-7-8-11-22(20)23(24)25/h7-8,10-11,13-14,16-17H,2-6,9,12,15,18H2,1H3,(H,24,25). The van der Waals surface area contributed by atoms with Crippen LogP contribution in [0, 0.1) is 0 Å². The van der Waals surface area contributed by atoms with Crippen molar-refractivity contribution in [3.63, 3.8) is 0 Å². The van der Waals surface area contributed by atoms with Gasteiger partial charge in [-0.2, -0.15) is 0 Å². The minimum absolute atomic E-state index is 0.395. The Morgan fingerprint density at radius 2 is 1.58 bits per heavy atom. The van der Waals surface area contributed by atoms with Crippen LogP contribution in [0.15, 0.2) is 48.5 Å². The zero-order valence-corrected chi connectivity index (χ0v) is 15.7. The first-order valence-electron chi connectivity index (χ1n) is 9.73. The molecular formula is C23H30O3. The molecular weight excluding hydrogens is 324 g/mol. The average Bonchev–Trinajstić information content (AvgIpc) is 2.66. The van der Waals surface area contributed by atoms with Crippen LogP contribution in [0.25, 0.3) is 0 Å². The van der Waals surface area contributed by atoms with Crippen molar-refractivity contribution in [1.82, 2.24) is 0 Å². The van der Waals surface area contributed by atoms with Crippen LogP contribution in [0.4, 0.5) is 0 Å². The number of carboxylic acid groups (broad SMARTS) is 1. The highest BCUT2D eigenvalue weighted by atomic mass is 16.5. The number of hydrogen-bond acceptors (Lipinski definition) is 2. The van der Waals surface area contributed by atoms with Crippen molar-refractivity contribution in [3.8, 4) is 5.75 Å². The molecule has 0 heterocycles. The van der Waals surface area contributed by atoms with Crippen molar-refractivity contribution in [1.29, 1.82) is 0 Å².